The van der Waals surface area contributed by atoms with Crippen LogP contribution in [0.1, 0.15) is 31.2 Å². The van der Waals surface area contributed by atoms with Gasteiger partial charge in [0.15, 0.2) is 0 Å². The van der Waals surface area contributed by atoms with Crippen LogP contribution in [0.2, 0.25) is 0 Å². The van der Waals surface area contributed by atoms with Gasteiger partial charge in [0.1, 0.15) is 5.75 Å². The van der Waals surface area contributed by atoms with Crippen molar-refractivity contribution in [2.75, 3.05) is 20.3 Å². The van der Waals surface area contributed by atoms with Crippen molar-refractivity contribution in [1.82, 2.24) is 4.90 Å². The second-order valence-electron chi connectivity index (χ2n) is 5.33. The second kappa shape index (κ2) is 7.84. The van der Waals surface area contributed by atoms with Crippen LogP contribution in [0, 0.1) is 0 Å². The van der Waals surface area contributed by atoms with Gasteiger partial charge in [0, 0.05) is 12.6 Å². The van der Waals surface area contributed by atoms with Crippen LogP contribution in [0.15, 0.2) is 30.3 Å². The molecule has 1 atom stereocenters. The number of benzene rings is 1. The zero-order valence-electron chi connectivity index (χ0n) is 12.5. The number of nitrogens with zero attached hydrogens (tertiary/aromatic N) is 1. The molecule has 1 unspecified atom stereocenters. The Labute approximate surface area is 126 Å². The summed E-state index contributed by atoms with van der Waals surface area (Å²) in [6.07, 6.45) is 7.48. The van der Waals surface area contributed by atoms with Crippen molar-refractivity contribution >= 4 is 12.0 Å². The van der Waals surface area contributed by atoms with Gasteiger partial charge in [0.2, 0.25) is 5.91 Å². The summed E-state index contributed by atoms with van der Waals surface area (Å²) < 4.78 is 5.17. The lowest BCUT2D eigenvalue weighted by molar-refractivity contribution is -0.129. The van der Waals surface area contributed by atoms with Crippen molar-refractivity contribution in [1.29, 1.82) is 0 Å². The number of hydrogen-bond acceptors (Lipinski definition) is 3. The van der Waals surface area contributed by atoms with E-state index in [2.05, 4.69) is 0 Å². The summed E-state index contributed by atoms with van der Waals surface area (Å²) >= 11 is 0. The minimum absolute atomic E-state index is 0.0289. The molecule has 114 valence electrons. The van der Waals surface area contributed by atoms with E-state index >= 15 is 0 Å². The van der Waals surface area contributed by atoms with Crippen LogP contribution in [0.25, 0.3) is 6.08 Å². The molecule has 4 heteroatoms. The van der Waals surface area contributed by atoms with E-state index in [0.29, 0.717) is 0 Å². The molecule has 1 aliphatic heterocycles. The van der Waals surface area contributed by atoms with Gasteiger partial charge in [0.05, 0.1) is 19.8 Å². The Morgan fingerprint density at radius 1 is 1.43 bits per heavy atom. The molecule has 1 fully saturated rings. The Morgan fingerprint density at radius 2 is 2.29 bits per heavy atom. The zero-order valence-corrected chi connectivity index (χ0v) is 12.5. The van der Waals surface area contributed by atoms with Crippen molar-refractivity contribution in [2.24, 2.45) is 0 Å². The summed E-state index contributed by atoms with van der Waals surface area (Å²) in [4.78, 5) is 14.1. The van der Waals surface area contributed by atoms with Gasteiger partial charge in [-0.15, -0.1) is 0 Å². The van der Waals surface area contributed by atoms with Gasteiger partial charge in [-0.1, -0.05) is 25.0 Å². The Kier molecular flexibility index (Phi) is 5.81. The molecule has 1 N–H and O–H groups in total. The van der Waals surface area contributed by atoms with Crippen molar-refractivity contribution < 1.29 is 14.6 Å². The van der Waals surface area contributed by atoms with E-state index in [1.807, 2.05) is 24.3 Å². The van der Waals surface area contributed by atoms with E-state index in [0.717, 1.165) is 43.5 Å². The first-order valence-electron chi connectivity index (χ1n) is 7.48. The highest BCUT2D eigenvalue weighted by molar-refractivity contribution is 5.92. The van der Waals surface area contributed by atoms with Crippen molar-refractivity contribution in [3.63, 3.8) is 0 Å². The summed E-state index contributed by atoms with van der Waals surface area (Å²) in [5.41, 5.74) is 0.929. The molecule has 0 aromatic heterocycles. The SMILES string of the molecule is COc1cccc(/C=C/C(=O)N2CCCCCC2CO)c1. The Balaban J connectivity index is 2.06. The highest BCUT2D eigenvalue weighted by Gasteiger charge is 2.23. The molecule has 1 aromatic carbocycles. The predicted octanol–water partition coefficient (Wildman–Crippen LogP) is 2.47. The number of carbonyl (C=O) groups is 1. The van der Waals surface area contributed by atoms with Crippen LogP contribution in [0.5, 0.6) is 5.75 Å². The third-order valence-corrected chi connectivity index (χ3v) is 3.88. The van der Waals surface area contributed by atoms with Crippen LogP contribution in [-0.4, -0.2) is 42.2 Å². The first kappa shape index (κ1) is 15.6. The Bertz CT molecular complexity index is 499. The van der Waals surface area contributed by atoms with Gasteiger partial charge in [0.25, 0.3) is 0 Å². The fourth-order valence-corrected chi connectivity index (χ4v) is 2.67. The lowest BCUT2D eigenvalue weighted by Gasteiger charge is -2.27. The number of aliphatic hydroxyl groups excluding tert-OH is 1. The fourth-order valence-electron chi connectivity index (χ4n) is 2.67. The minimum atomic E-state index is -0.0463. The molecule has 4 nitrogen and oxygen atoms in total. The van der Waals surface area contributed by atoms with Crippen LogP contribution in [0.3, 0.4) is 0 Å². The van der Waals surface area contributed by atoms with E-state index < -0.39 is 0 Å². The van der Waals surface area contributed by atoms with Crippen molar-refractivity contribution in [2.45, 2.75) is 31.7 Å². The average molecular weight is 289 g/mol. The minimum Gasteiger partial charge on any atom is -0.497 e. The second-order valence-corrected chi connectivity index (χ2v) is 5.33. The summed E-state index contributed by atoms with van der Waals surface area (Å²) in [7, 11) is 1.62. The lowest BCUT2D eigenvalue weighted by atomic mass is 10.1. The van der Waals surface area contributed by atoms with Gasteiger partial charge < -0.3 is 14.7 Å². The van der Waals surface area contributed by atoms with Gasteiger partial charge in [-0.3, -0.25) is 4.79 Å². The molecule has 1 heterocycles. The number of aliphatic hydroxyl groups is 1. The summed E-state index contributed by atoms with van der Waals surface area (Å²) in [6, 6.07) is 7.53. The van der Waals surface area contributed by atoms with Gasteiger partial charge in [-0.05, 0) is 36.6 Å². The topological polar surface area (TPSA) is 49.8 Å². The maximum atomic E-state index is 12.3. The van der Waals surface area contributed by atoms with Crippen LogP contribution in [0.4, 0.5) is 0 Å². The molecule has 1 aromatic rings. The Morgan fingerprint density at radius 3 is 3.05 bits per heavy atom. The lowest BCUT2D eigenvalue weighted by Crippen LogP contribution is -2.41. The number of methoxy groups -OCH3 is 1. The van der Waals surface area contributed by atoms with E-state index in [1.54, 1.807) is 24.2 Å². The molecular formula is C17H23NO3. The highest BCUT2D eigenvalue weighted by atomic mass is 16.5. The van der Waals surface area contributed by atoms with Gasteiger partial charge >= 0.3 is 0 Å². The molecule has 1 saturated heterocycles. The third kappa shape index (κ3) is 4.33. The fraction of sp³-hybridized carbons (Fsp3) is 0.471. The highest BCUT2D eigenvalue weighted by Crippen LogP contribution is 2.18. The molecule has 1 amide bonds. The van der Waals surface area contributed by atoms with E-state index in [1.165, 1.54) is 0 Å². The van der Waals surface area contributed by atoms with Crippen LogP contribution < -0.4 is 4.74 Å². The van der Waals surface area contributed by atoms with Crippen LogP contribution in [-0.2, 0) is 4.79 Å². The summed E-state index contributed by atoms with van der Waals surface area (Å²) in [5, 5.41) is 9.45. The normalized spacial score (nSPS) is 19.5. The van der Waals surface area contributed by atoms with Gasteiger partial charge in [-0.2, -0.15) is 0 Å². The molecule has 0 radical (unpaired) electrons. The largest absolute Gasteiger partial charge is 0.497 e. The first-order chi connectivity index (χ1) is 10.2. The molecule has 0 bridgehead atoms. The number of ether oxygens (including phenoxy) is 1. The monoisotopic (exact) mass is 289 g/mol. The summed E-state index contributed by atoms with van der Waals surface area (Å²) in [6.45, 7) is 0.769. The molecule has 21 heavy (non-hydrogen) atoms. The van der Waals surface area contributed by atoms with Crippen molar-refractivity contribution in [3.8, 4) is 5.75 Å². The summed E-state index contributed by atoms with van der Waals surface area (Å²) in [5.74, 6) is 0.742. The Hall–Kier alpha value is -1.81. The zero-order chi connectivity index (χ0) is 15.1. The maximum absolute atomic E-state index is 12.3. The number of hydrogen-bond donors (Lipinski definition) is 1. The quantitative estimate of drug-likeness (QED) is 0.866. The average Bonchev–Trinajstić information content (AvgIpc) is 2.78. The molecule has 0 spiro atoms. The standard InChI is InChI=1S/C17H23NO3/c1-21-16-8-5-6-14(12-16)9-10-17(20)18-11-4-2-3-7-15(18)13-19/h5-6,8-10,12,15,19H,2-4,7,11,13H2,1H3/b10-9+. The van der Waals surface area contributed by atoms with Crippen LogP contribution >= 0.6 is 0 Å². The van der Waals surface area contributed by atoms with Gasteiger partial charge in [-0.25, -0.2) is 0 Å². The van der Waals surface area contributed by atoms with E-state index in [9.17, 15) is 9.90 Å². The third-order valence-electron chi connectivity index (χ3n) is 3.88. The van der Waals surface area contributed by atoms with E-state index in [4.69, 9.17) is 4.74 Å². The number of amides is 1. The first-order valence-corrected chi connectivity index (χ1v) is 7.48. The molecular weight excluding hydrogens is 266 g/mol. The number of carbonyl (C=O) groups excluding carboxylic acids is 1. The molecule has 0 saturated carbocycles. The molecule has 2 rings (SSSR count). The van der Waals surface area contributed by atoms with E-state index in [-0.39, 0.29) is 18.6 Å². The maximum Gasteiger partial charge on any atom is 0.246 e. The number of rotatable bonds is 4. The smallest absolute Gasteiger partial charge is 0.246 e. The number of likely N-dealkylation sites (tertiary alicyclic amines) is 1. The van der Waals surface area contributed by atoms with Crippen molar-refractivity contribution in [3.05, 3.63) is 35.9 Å². The predicted molar refractivity (Wildman–Crippen MR) is 83.1 cm³/mol. The molecule has 0 aliphatic carbocycles. The molecule has 1 aliphatic rings.